The minimum absolute atomic E-state index is 0.242. The fraction of sp³-hybridized carbons (Fsp3) is 0.357. The van der Waals surface area contributed by atoms with Gasteiger partial charge in [-0.1, -0.05) is 0 Å². The van der Waals surface area contributed by atoms with Crippen molar-refractivity contribution in [2.75, 3.05) is 19.8 Å². The van der Waals surface area contributed by atoms with Gasteiger partial charge < -0.3 is 14.2 Å². The lowest BCUT2D eigenvalue weighted by molar-refractivity contribution is -0.0684. The molecule has 5 heteroatoms. The highest BCUT2D eigenvalue weighted by Crippen LogP contribution is 2.16. The van der Waals surface area contributed by atoms with E-state index in [0.717, 1.165) is 17.0 Å². The van der Waals surface area contributed by atoms with E-state index >= 15 is 0 Å². The van der Waals surface area contributed by atoms with Crippen molar-refractivity contribution in [1.29, 1.82) is 0 Å². The lowest BCUT2D eigenvalue weighted by Gasteiger charge is -2.11. The summed E-state index contributed by atoms with van der Waals surface area (Å²) in [4.78, 5) is 0. The van der Waals surface area contributed by atoms with Gasteiger partial charge in [-0.05, 0) is 36.8 Å². The van der Waals surface area contributed by atoms with Crippen LogP contribution in [0.5, 0.6) is 5.75 Å². The molecular formula is C14H16N2O3. The monoisotopic (exact) mass is 260 g/mol. The zero-order valence-corrected chi connectivity index (χ0v) is 10.8. The average molecular weight is 260 g/mol. The molecule has 1 aromatic heterocycles. The third kappa shape index (κ3) is 2.94. The summed E-state index contributed by atoms with van der Waals surface area (Å²) in [6.45, 7) is 3.72. The van der Waals surface area contributed by atoms with Crippen LogP contribution in [-0.2, 0) is 9.47 Å². The van der Waals surface area contributed by atoms with Crippen molar-refractivity contribution in [1.82, 2.24) is 9.78 Å². The van der Waals surface area contributed by atoms with Crippen LogP contribution in [0, 0.1) is 6.92 Å². The molecule has 0 saturated carbocycles. The largest absolute Gasteiger partial charge is 0.488 e. The lowest BCUT2D eigenvalue weighted by Crippen LogP contribution is -2.18. The van der Waals surface area contributed by atoms with Gasteiger partial charge in [-0.3, -0.25) is 0 Å². The second kappa shape index (κ2) is 5.42. The average Bonchev–Trinajstić information content (AvgIpc) is 3.08. The molecule has 0 N–H and O–H groups in total. The molecule has 3 rings (SSSR count). The maximum Gasteiger partial charge on any atom is 0.191 e. The highest BCUT2D eigenvalue weighted by atomic mass is 16.7. The van der Waals surface area contributed by atoms with Gasteiger partial charge in [0, 0.05) is 6.20 Å². The summed E-state index contributed by atoms with van der Waals surface area (Å²) >= 11 is 0. The maximum atomic E-state index is 5.61. The Bertz CT molecular complexity index is 530. The van der Waals surface area contributed by atoms with Crippen molar-refractivity contribution >= 4 is 0 Å². The Balaban J connectivity index is 1.62. The van der Waals surface area contributed by atoms with Crippen molar-refractivity contribution in [2.24, 2.45) is 0 Å². The van der Waals surface area contributed by atoms with Crippen LogP contribution in [0.2, 0.25) is 0 Å². The molecule has 19 heavy (non-hydrogen) atoms. The van der Waals surface area contributed by atoms with E-state index < -0.39 is 0 Å². The van der Waals surface area contributed by atoms with E-state index in [1.807, 2.05) is 48.3 Å². The van der Waals surface area contributed by atoms with Crippen LogP contribution in [0.3, 0.4) is 0 Å². The summed E-state index contributed by atoms with van der Waals surface area (Å²) in [5.41, 5.74) is 2.14. The number of rotatable bonds is 4. The molecule has 0 bridgehead atoms. The van der Waals surface area contributed by atoms with Crippen LogP contribution in [0.15, 0.2) is 36.7 Å². The van der Waals surface area contributed by atoms with E-state index in [-0.39, 0.29) is 6.29 Å². The molecule has 0 radical (unpaired) electrons. The Labute approximate surface area is 111 Å². The molecule has 0 atom stereocenters. The minimum Gasteiger partial charge on any atom is -0.488 e. The van der Waals surface area contributed by atoms with Gasteiger partial charge in [-0.2, -0.15) is 5.10 Å². The van der Waals surface area contributed by atoms with Crippen LogP contribution < -0.4 is 4.74 Å². The second-order valence-corrected chi connectivity index (χ2v) is 4.44. The number of nitrogens with zero attached hydrogens (tertiary/aromatic N) is 2. The molecule has 0 unspecified atom stereocenters. The number of hydrogen-bond donors (Lipinski definition) is 0. The standard InChI is InChI=1S/C14H16N2O3/c1-11-8-15-16(9-11)12-2-4-13(5-3-12)19-10-14-17-6-7-18-14/h2-5,8-9,14H,6-7,10H2,1H3. The molecule has 5 nitrogen and oxygen atoms in total. The summed E-state index contributed by atoms with van der Waals surface area (Å²) < 4.78 is 18.1. The van der Waals surface area contributed by atoms with Gasteiger partial charge >= 0.3 is 0 Å². The van der Waals surface area contributed by atoms with Crippen molar-refractivity contribution in [3.8, 4) is 11.4 Å². The summed E-state index contributed by atoms with van der Waals surface area (Å²) in [6, 6.07) is 7.78. The van der Waals surface area contributed by atoms with E-state index in [1.54, 1.807) is 0 Å². The molecule has 1 saturated heterocycles. The molecule has 1 fully saturated rings. The predicted molar refractivity (Wildman–Crippen MR) is 69.5 cm³/mol. The van der Waals surface area contributed by atoms with E-state index in [4.69, 9.17) is 14.2 Å². The van der Waals surface area contributed by atoms with Crippen molar-refractivity contribution in [3.05, 3.63) is 42.2 Å². The Morgan fingerprint density at radius 2 is 2.00 bits per heavy atom. The summed E-state index contributed by atoms with van der Waals surface area (Å²) in [7, 11) is 0. The van der Waals surface area contributed by atoms with Crippen molar-refractivity contribution in [3.63, 3.8) is 0 Å². The fourth-order valence-corrected chi connectivity index (χ4v) is 1.92. The number of ether oxygens (including phenoxy) is 3. The van der Waals surface area contributed by atoms with Crippen molar-refractivity contribution < 1.29 is 14.2 Å². The van der Waals surface area contributed by atoms with Gasteiger partial charge in [0.25, 0.3) is 0 Å². The summed E-state index contributed by atoms with van der Waals surface area (Å²) in [5, 5.41) is 4.26. The Hall–Kier alpha value is -1.85. The number of benzene rings is 1. The smallest absolute Gasteiger partial charge is 0.191 e. The van der Waals surface area contributed by atoms with Gasteiger partial charge in [0.2, 0.25) is 0 Å². The molecule has 2 heterocycles. The van der Waals surface area contributed by atoms with Gasteiger partial charge in [0.15, 0.2) is 6.29 Å². The number of aryl methyl sites for hydroxylation is 1. The van der Waals surface area contributed by atoms with Crippen LogP contribution in [0.4, 0.5) is 0 Å². The first kappa shape index (κ1) is 12.2. The number of hydrogen-bond acceptors (Lipinski definition) is 4. The van der Waals surface area contributed by atoms with E-state index in [9.17, 15) is 0 Å². The predicted octanol–water partition coefficient (Wildman–Crippen LogP) is 1.93. The minimum atomic E-state index is -0.242. The first-order valence-corrected chi connectivity index (χ1v) is 6.29. The second-order valence-electron chi connectivity index (χ2n) is 4.44. The van der Waals surface area contributed by atoms with Crippen LogP contribution in [0.1, 0.15) is 5.56 Å². The SMILES string of the molecule is Cc1cnn(-c2ccc(OCC3OCCO3)cc2)c1. The molecular weight excluding hydrogens is 244 g/mol. The zero-order valence-electron chi connectivity index (χ0n) is 10.8. The topological polar surface area (TPSA) is 45.5 Å². The van der Waals surface area contributed by atoms with Gasteiger partial charge in [-0.25, -0.2) is 4.68 Å². The van der Waals surface area contributed by atoms with Crippen LogP contribution in [0.25, 0.3) is 5.69 Å². The highest BCUT2D eigenvalue weighted by Gasteiger charge is 2.16. The van der Waals surface area contributed by atoms with Gasteiger partial charge in [0.1, 0.15) is 12.4 Å². The van der Waals surface area contributed by atoms with E-state index in [1.165, 1.54) is 0 Å². The Morgan fingerprint density at radius 1 is 1.26 bits per heavy atom. The first-order valence-electron chi connectivity index (χ1n) is 6.29. The highest BCUT2D eigenvalue weighted by molar-refractivity contribution is 5.37. The van der Waals surface area contributed by atoms with Gasteiger partial charge in [-0.15, -0.1) is 0 Å². The van der Waals surface area contributed by atoms with Crippen LogP contribution >= 0.6 is 0 Å². The third-order valence-electron chi connectivity index (χ3n) is 2.89. The van der Waals surface area contributed by atoms with Gasteiger partial charge in [0.05, 0.1) is 25.1 Å². The van der Waals surface area contributed by atoms with Crippen LogP contribution in [-0.4, -0.2) is 35.9 Å². The third-order valence-corrected chi connectivity index (χ3v) is 2.89. The summed E-state index contributed by atoms with van der Waals surface area (Å²) in [5.74, 6) is 0.798. The first-order chi connectivity index (χ1) is 9.31. The molecule has 0 spiro atoms. The zero-order chi connectivity index (χ0) is 13.1. The lowest BCUT2D eigenvalue weighted by atomic mass is 10.3. The molecule has 1 aliphatic heterocycles. The molecule has 0 amide bonds. The fourth-order valence-electron chi connectivity index (χ4n) is 1.92. The molecule has 1 aliphatic rings. The summed E-state index contributed by atoms with van der Waals surface area (Å²) in [6.07, 6.45) is 3.57. The number of aromatic nitrogens is 2. The normalized spacial score (nSPS) is 15.8. The Morgan fingerprint density at radius 3 is 2.63 bits per heavy atom. The molecule has 1 aromatic carbocycles. The van der Waals surface area contributed by atoms with Crippen molar-refractivity contribution in [2.45, 2.75) is 13.2 Å². The molecule has 2 aromatic rings. The quantitative estimate of drug-likeness (QED) is 0.842. The molecule has 100 valence electrons. The maximum absolute atomic E-state index is 5.61. The van der Waals surface area contributed by atoms with E-state index in [2.05, 4.69) is 5.10 Å². The molecule has 0 aliphatic carbocycles. The Kier molecular flexibility index (Phi) is 3.48. The van der Waals surface area contributed by atoms with E-state index in [0.29, 0.717) is 19.8 Å².